The first-order chi connectivity index (χ1) is 19.3. The van der Waals surface area contributed by atoms with Crippen LogP contribution in [-0.4, -0.2) is 54.3 Å². The number of allylic oxidation sites excluding steroid dienone is 6. The molecule has 0 fully saturated rings. The van der Waals surface area contributed by atoms with Crippen molar-refractivity contribution in [2.45, 2.75) is 116 Å². The highest BCUT2D eigenvalue weighted by Gasteiger charge is 2.23. The summed E-state index contributed by atoms with van der Waals surface area (Å²) < 4.78 is 25.9. The van der Waals surface area contributed by atoms with E-state index in [0.717, 1.165) is 44.9 Å². The summed E-state index contributed by atoms with van der Waals surface area (Å²) in [6, 6.07) is 0. The predicted molar refractivity (Wildman–Crippen MR) is 160 cm³/mol. The minimum atomic E-state index is -4.38. The van der Waals surface area contributed by atoms with E-state index in [2.05, 4.69) is 53.2 Å². The van der Waals surface area contributed by atoms with Crippen LogP contribution in [0, 0.1) is 0 Å². The van der Waals surface area contributed by atoms with E-state index in [9.17, 15) is 24.2 Å². The number of ether oxygens (including phenoxy) is 1. The summed E-state index contributed by atoms with van der Waals surface area (Å²) >= 11 is 0. The first-order valence-electron chi connectivity index (χ1n) is 15.0. The average Bonchev–Trinajstić information content (AvgIpc) is 2.94. The van der Waals surface area contributed by atoms with E-state index in [-0.39, 0.29) is 32.1 Å². The van der Waals surface area contributed by atoms with Crippen LogP contribution in [0.4, 0.5) is 0 Å². The van der Waals surface area contributed by atoms with Crippen molar-refractivity contribution in [2.24, 2.45) is 0 Å². The molecule has 9 nitrogen and oxygen atoms in total. The number of phosphoric acid groups is 1. The topological polar surface area (TPSA) is 131 Å². The van der Waals surface area contributed by atoms with Gasteiger partial charge >= 0.3 is 13.8 Å². The predicted octanol–water partition coefficient (Wildman–Crippen LogP) is 6.70. The summed E-state index contributed by atoms with van der Waals surface area (Å²) in [7, 11) is -4.38. The number of carbonyl (C=O) groups excluding carboxylic acids is 2. The first-order valence-corrected chi connectivity index (χ1v) is 16.5. The molecular weight excluding hydrogens is 533 g/mol. The van der Waals surface area contributed by atoms with Gasteiger partial charge in [-0.25, -0.2) is 4.57 Å². The van der Waals surface area contributed by atoms with Crippen LogP contribution in [0.15, 0.2) is 36.5 Å². The quantitative estimate of drug-likeness (QED) is 0.0419. The molecule has 1 amide bonds. The van der Waals surface area contributed by atoms with Crippen molar-refractivity contribution >= 4 is 19.7 Å². The number of unbranched alkanes of at least 4 members (excludes halogenated alkanes) is 9. The van der Waals surface area contributed by atoms with Crippen LogP contribution < -0.4 is 5.32 Å². The van der Waals surface area contributed by atoms with Gasteiger partial charge in [-0.05, 0) is 44.9 Å². The maximum absolute atomic E-state index is 11.9. The van der Waals surface area contributed by atoms with Gasteiger partial charge in [0.1, 0.15) is 12.7 Å². The molecule has 10 heteroatoms. The van der Waals surface area contributed by atoms with Crippen LogP contribution in [0.25, 0.3) is 0 Å². The van der Waals surface area contributed by atoms with Gasteiger partial charge in [-0.3, -0.25) is 18.6 Å². The molecule has 0 bridgehead atoms. The van der Waals surface area contributed by atoms with E-state index in [1.807, 2.05) is 0 Å². The minimum absolute atomic E-state index is 0.0723. The average molecular weight is 588 g/mol. The number of aliphatic hydroxyl groups is 1. The molecule has 40 heavy (non-hydrogen) atoms. The van der Waals surface area contributed by atoms with E-state index < -0.39 is 26.5 Å². The lowest BCUT2D eigenvalue weighted by atomic mass is 10.1. The number of esters is 1. The molecule has 3 N–H and O–H groups in total. The van der Waals surface area contributed by atoms with Crippen molar-refractivity contribution in [3.63, 3.8) is 0 Å². The fraction of sp³-hybridized carbons (Fsp3) is 0.733. The minimum Gasteiger partial charge on any atom is -0.463 e. The van der Waals surface area contributed by atoms with Crippen molar-refractivity contribution in [3.05, 3.63) is 36.5 Å². The summed E-state index contributed by atoms with van der Waals surface area (Å²) in [5, 5.41) is 12.2. The molecule has 0 aromatic rings. The SMILES string of the molecule is CCCCC/C=C\C/C=C\C/C=C\CCCCCCCCC(=O)NCCOP(=O)(O)OCC(O)COC(=O)CC. The van der Waals surface area contributed by atoms with Gasteiger partial charge in [-0.2, -0.15) is 0 Å². The van der Waals surface area contributed by atoms with Crippen molar-refractivity contribution < 1.29 is 37.9 Å². The molecule has 0 aliphatic heterocycles. The lowest BCUT2D eigenvalue weighted by Crippen LogP contribution is -2.27. The summed E-state index contributed by atoms with van der Waals surface area (Å²) in [6.07, 6.45) is 27.4. The van der Waals surface area contributed by atoms with Crippen LogP contribution in [0.5, 0.6) is 0 Å². The largest absolute Gasteiger partial charge is 0.472 e. The highest BCUT2D eigenvalue weighted by atomic mass is 31.2. The van der Waals surface area contributed by atoms with Crippen molar-refractivity contribution in [1.29, 1.82) is 0 Å². The molecule has 2 atom stereocenters. The third-order valence-corrected chi connectivity index (χ3v) is 6.86. The zero-order valence-electron chi connectivity index (χ0n) is 24.8. The van der Waals surface area contributed by atoms with Crippen LogP contribution in [-0.2, 0) is 27.9 Å². The van der Waals surface area contributed by atoms with Crippen LogP contribution in [0.1, 0.15) is 110 Å². The fourth-order valence-electron chi connectivity index (χ4n) is 3.54. The molecule has 0 radical (unpaired) electrons. The Kier molecular flexibility index (Phi) is 26.2. The Balaban J connectivity index is 3.57. The standard InChI is InChI=1S/C30H54NO8P/c1-3-5-6-7-8-9-10-11-12-13-14-15-16-17-18-19-20-21-22-23-29(33)31-24-25-38-40(35,36)39-27-28(32)26-37-30(34)4-2/h8-9,11-12,14-15,28,32H,3-7,10,13,16-27H2,1-2H3,(H,31,33)(H,35,36)/b9-8-,12-11-,15-14-. The number of hydrogen-bond acceptors (Lipinski definition) is 7. The lowest BCUT2D eigenvalue weighted by molar-refractivity contribution is -0.146. The van der Waals surface area contributed by atoms with Crippen LogP contribution >= 0.6 is 7.82 Å². The maximum atomic E-state index is 11.9. The molecule has 0 saturated heterocycles. The Morgan fingerprint density at radius 1 is 0.800 bits per heavy atom. The number of phosphoric ester groups is 1. The summed E-state index contributed by atoms with van der Waals surface area (Å²) in [4.78, 5) is 32.5. The number of amides is 1. The highest BCUT2D eigenvalue weighted by molar-refractivity contribution is 7.47. The second-order valence-corrected chi connectivity index (χ2v) is 11.1. The normalized spacial score (nSPS) is 14.2. The third kappa shape index (κ3) is 27.8. The zero-order chi connectivity index (χ0) is 29.7. The Morgan fingerprint density at radius 2 is 1.38 bits per heavy atom. The molecule has 0 aliphatic rings. The fourth-order valence-corrected chi connectivity index (χ4v) is 4.30. The van der Waals surface area contributed by atoms with E-state index >= 15 is 0 Å². The summed E-state index contributed by atoms with van der Waals surface area (Å²) in [5.41, 5.74) is 0. The van der Waals surface area contributed by atoms with E-state index in [1.165, 1.54) is 38.5 Å². The van der Waals surface area contributed by atoms with Gasteiger partial charge in [0, 0.05) is 19.4 Å². The Bertz CT molecular complexity index is 769. The second kappa shape index (κ2) is 27.4. The highest BCUT2D eigenvalue weighted by Crippen LogP contribution is 2.42. The third-order valence-electron chi connectivity index (χ3n) is 5.88. The molecule has 0 rings (SSSR count). The number of rotatable bonds is 27. The molecule has 0 aromatic carbocycles. The van der Waals surface area contributed by atoms with Crippen molar-refractivity contribution in [3.8, 4) is 0 Å². The summed E-state index contributed by atoms with van der Waals surface area (Å²) in [6.45, 7) is 2.84. The Morgan fingerprint density at radius 3 is 2.00 bits per heavy atom. The molecular formula is C30H54NO8P. The lowest BCUT2D eigenvalue weighted by Gasteiger charge is -2.15. The van der Waals surface area contributed by atoms with E-state index in [4.69, 9.17) is 9.26 Å². The van der Waals surface area contributed by atoms with Gasteiger partial charge in [-0.1, -0.05) is 88.8 Å². The second-order valence-electron chi connectivity index (χ2n) is 9.68. The van der Waals surface area contributed by atoms with E-state index in [1.54, 1.807) is 6.92 Å². The van der Waals surface area contributed by atoms with Gasteiger partial charge in [0.2, 0.25) is 5.91 Å². The first kappa shape index (κ1) is 38.2. The van der Waals surface area contributed by atoms with Gasteiger partial charge in [0.05, 0.1) is 13.2 Å². The molecule has 0 spiro atoms. The van der Waals surface area contributed by atoms with Gasteiger partial charge in [-0.15, -0.1) is 0 Å². The smallest absolute Gasteiger partial charge is 0.463 e. The maximum Gasteiger partial charge on any atom is 0.472 e. The van der Waals surface area contributed by atoms with Gasteiger partial charge < -0.3 is 20.1 Å². The number of nitrogens with one attached hydrogen (secondary N) is 1. The van der Waals surface area contributed by atoms with Gasteiger partial charge in [0.15, 0.2) is 0 Å². The van der Waals surface area contributed by atoms with Gasteiger partial charge in [0.25, 0.3) is 0 Å². The van der Waals surface area contributed by atoms with Crippen molar-refractivity contribution in [2.75, 3.05) is 26.4 Å². The molecule has 0 heterocycles. The summed E-state index contributed by atoms with van der Waals surface area (Å²) in [5.74, 6) is -0.625. The Hall–Kier alpha value is -1.77. The van der Waals surface area contributed by atoms with Crippen LogP contribution in [0.2, 0.25) is 0 Å². The molecule has 2 unspecified atom stereocenters. The van der Waals surface area contributed by atoms with Crippen molar-refractivity contribution in [1.82, 2.24) is 5.32 Å². The molecule has 0 aliphatic carbocycles. The van der Waals surface area contributed by atoms with E-state index in [0.29, 0.717) is 6.42 Å². The Labute approximate surface area is 242 Å². The molecule has 0 aromatic heterocycles. The number of carbonyl (C=O) groups is 2. The molecule has 232 valence electrons. The number of hydrogen-bond donors (Lipinski definition) is 3. The number of aliphatic hydroxyl groups excluding tert-OH is 1. The zero-order valence-corrected chi connectivity index (χ0v) is 25.7. The monoisotopic (exact) mass is 587 g/mol. The molecule has 0 saturated carbocycles. The van der Waals surface area contributed by atoms with Crippen LogP contribution in [0.3, 0.4) is 0 Å².